The fraction of sp³-hybridized carbons (Fsp3) is 0.143. The molecule has 0 aliphatic rings. The number of hydrogen-bond donors (Lipinski definition) is 0. The Balaban J connectivity index is 2.90. The maximum Gasteiger partial charge on any atom is 0.444 e. The molecule has 0 amide bonds. The van der Waals surface area contributed by atoms with Gasteiger partial charge in [-0.05, 0) is 12.1 Å². The molecule has 1 heterocycles. The van der Waals surface area contributed by atoms with E-state index in [1.165, 1.54) is 24.5 Å². The fourth-order valence-electron chi connectivity index (χ4n) is 0.595. The minimum Gasteiger partial charge on any atom is -0.265 e. The van der Waals surface area contributed by atoms with Crippen LogP contribution in [0.25, 0.3) is 0 Å². The van der Waals surface area contributed by atoms with Gasteiger partial charge in [0.2, 0.25) is 5.17 Å². The van der Waals surface area contributed by atoms with Gasteiger partial charge in [0.25, 0.3) is 0 Å². The van der Waals surface area contributed by atoms with Gasteiger partial charge in [-0.3, -0.25) is 4.98 Å². The van der Waals surface area contributed by atoms with E-state index in [1.54, 1.807) is 0 Å². The lowest BCUT2D eigenvalue weighted by atomic mass is 10.4. The summed E-state index contributed by atoms with van der Waals surface area (Å²) in [7, 11) is 0. The maximum absolute atomic E-state index is 11.9. The van der Waals surface area contributed by atoms with Crippen molar-refractivity contribution in [1.29, 1.82) is 0 Å². The predicted molar refractivity (Wildman–Crippen MR) is 43.2 cm³/mol. The van der Waals surface area contributed by atoms with Crippen LogP contribution in [-0.4, -0.2) is 16.3 Å². The Hall–Kier alpha value is -1.10. The van der Waals surface area contributed by atoms with Crippen molar-refractivity contribution in [2.75, 3.05) is 0 Å². The average molecular weight is 209 g/mol. The van der Waals surface area contributed by atoms with E-state index in [4.69, 9.17) is 11.6 Å². The number of halogens is 4. The number of rotatable bonds is 1. The van der Waals surface area contributed by atoms with E-state index in [2.05, 4.69) is 9.98 Å². The Labute approximate surface area is 77.1 Å². The fourth-order valence-corrected chi connectivity index (χ4v) is 0.693. The third-order valence-electron chi connectivity index (χ3n) is 1.12. The van der Waals surface area contributed by atoms with Crippen LogP contribution in [0.2, 0.25) is 0 Å². The summed E-state index contributed by atoms with van der Waals surface area (Å²) in [6.45, 7) is 0. The molecule has 0 bridgehead atoms. The van der Waals surface area contributed by atoms with Gasteiger partial charge in [-0.1, -0.05) is 11.6 Å². The standard InChI is InChI=1S/C7H4ClF3N2/c8-6(7(9,10)11)13-5-1-3-12-4-2-5/h1-4H. The van der Waals surface area contributed by atoms with Crippen molar-refractivity contribution in [2.45, 2.75) is 6.18 Å². The number of alkyl halides is 3. The van der Waals surface area contributed by atoms with Crippen molar-refractivity contribution in [1.82, 2.24) is 4.98 Å². The van der Waals surface area contributed by atoms with Crippen molar-refractivity contribution in [3.63, 3.8) is 0 Å². The summed E-state index contributed by atoms with van der Waals surface area (Å²) < 4.78 is 35.6. The largest absolute Gasteiger partial charge is 0.444 e. The van der Waals surface area contributed by atoms with Crippen molar-refractivity contribution >= 4 is 22.5 Å². The zero-order valence-corrected chi connectivity index (χ0v) is 6.97. The molecule has 0 radical (unpaired) electrons. The lowest BCUT2D eigenvalue weighted by molar-refractivity contribution is -0.0558. The molecule has 70 valence electrons. The molecule has 1 aromatic rings. The van der Waals surface area contributed by atoms with Gasteiger partial charge in [0.15, 0.2) is 0 Å². The molecule has 1 aromatic heterocycles. The number of pyridine rings is 1. The first-order chi connectivity index (χ1) is 6.00. The molecule has 0 unspecified atom stereocenters. The zero-order valence-electron chi connectivity index (χ0n) is 6.22. The van der Waals surface area contributed by atoms with E-state index in [0.717, 1.165) is 0 Å². The van der Waals surface area contributed by atoms with Gasteiger partial charge in [-0.2, -0.15) is 13.2 Å². The van der Waals surface area contributed by atoms with Gasteiger partial charge in [0.1, 0.15) is 0 Å². The van der Waals surface area contributed by atoms with Crippen LogP contribution < -0.4 is 0 Å². The number of nitrogens with zero attached hydrogens (tertiary/aromatic N) is 2. The SMILES string of the molecule is FC(F)(F)C(Cl)=Nc1ccncc1. The minimum atomic E-state index is -4.59. The first-order valence-corrected chi connectivity index (χ1v) is 3.59. The van der Waals surface area contributed by atoms with E-state index in [9.17, 15) is 13.2 Å². The molecule has 0 aliphatic heterocycles. The summed E-state index contributed by atoms with van der Waals surface area (Å²) in [6, 6.07) is 2.66. The second-order valence-electron chi connectivity index (χ2n) is 2.11. The van der Waals surface area contributed by atoms with Crippen LogP contribution in [0, 0.1) is 0 Å². The molecule has 0 fully saturated rings. The molecule has 0 aromatic carbocycles. The first kappa shape index (κ1) is 9.98. The number of hydrogen-bond acceptors (Lipinski definition) is 2. The zero-order chi connectivity index (χ0) is 9.90. The molecule has 2 nitrogen and oxygen atoms in total. The minimum absolute atomic E-state index is 0.123. The summed E-state index contributed by atoms with van der Waals surface area (Å²) in [6.07, 6.45) is -1.93. The van der Waals surface area contributed by atoms with Crippen LogP contribution in [0.3, 0.4) is 0 Å². The Morgan fingerprint density at radius 3 is 2.31 bits per heavy atom. The normalized spacial score (nSPS) is 13.1. The van der Waals surface area contributed by atoms with Crippen LogP contribution >= 0.6 is 11.6 Å². The van der Waals surface area contributed by atoms with Crippen LogP contribution in [0.5, 0.6) is 0 Å². The lowest BCUT2D eigenvalue weighted by Crippen LogP contribution is -2.16. The Morgan fingerprint density at radius 2 is 1.85 bits per heavy atom. The molecular weight excluding hydrogens is 205 g/mol. The molecule has 6 heteroatoms. The second kappa shape index (κ2) is 3.74. The van der Waals surface area contributed by atoms with Gasteiger partial charge in [-0.25, -0.2) is 4.99 Å². The summed E-state index contributed by atoms with van der Waals surface area (Å²) in [5.74, 6) is 0. The Bertz CT molecular complexity index is 307. The van der Waals surface area contributed by atoms with Crippen molar-refractivity contribution in [3.8, 4) is 0 Å². The molecular formula is C7H4ClF3N2. The Kier molecular flexibility index (Phi) is 2.87. The van der Waals surface area contributed by atoms with Crippen LogP contribution in [0.15, 0.2) is 29.5 Å². The average Bonchev–Trinajstić information content (AvgIpc) is 2.04. The van der Waals surface area contributed by atoms with Crippen LogP contribution in [0.1, 0.15) is 0 Å². The highest BCUT2D eigenvalue weighted by atomic mass is 35.5. The molecule has 1 rings (SSSR count). The maximum atomic E-state index is 11.9. The third-order valence-corrected chi connectivity index (χ3v) is 1.42. The van der Waals surface area contributed by atoms with E-state index in [1.807, 2.05) is 0 Å². The Morgan fingerprint density at radius 1 is 1.31 bits per heavy atom. The van der Waals surface area contributed by atoms with Crippen molar-refractivity contribution in [3.05, 3.63) is 24.5 Å². The van der Waals surface area contributed by atoms with E-state index < -0.39 is 11.3 Å². The highest BCUT2D eigenvalue weighted by Gasteiger charge is 2.34. The highest BCUT2D eigenvalue weighted by molar-refractivity contribution is 6.67. The van der Waals surface area contributed by atoms with Gasteiger partial charge in [-0.15, -0.1) is 0 Å². The van der Waals surface area contributed by atoms with E-state index in [-0.39, 0.29) is 5.69 Å². The third kappa shape index (κ3) is 3.02. The molecule has 0 saturated heterocycles. The monoisotopic (exact) mass is 208 g/mol. The van der Waals surface area contributed by atoms with Crippen LogP contribution in [0.4, 0.5) is 18.9 Å². The predicted octanol–water partition coefficient (Wildman–Crippen LogP) is 2.91. The number of aromatic nitrogens is 1. The smallest absolute Gasteiger partial charge is 0.265 e. The molecule has 0 saturated carbocycles. The summed E-state index contributed by atoms with van der Waals surface area (Å²) in [5.41, 5.74) is 0.123. The van der Waals surface area contributed by atoms with Crippen molar-refractivity contribution in [2.24, 2.45) is 4.99 Å². The van der Waals surface area contributed by atoms with Gasteiger partial charge in [0.05, 0.1) is 5.69 Å². The second-order valence-corrected chi connectivity index (χ2v) is 2.46. The van der Waals surface area contributed by atoms with Gasteiger partial charge in [0, 0.05) is 12.4 Å². The molecule has 0 aliphatic carbocycles. The lowest BCUT2D eigenvalue weighted by Gasteiger charge is -2.02. The molecule has 0 atom stereocenters. The van der Waals surface area contributed by atoms with E-state index >= 15 is 0 Å². The molecule has 13 heavy (non-hydrogen) atoms. The van der Waals surface area contributed by atoms with Gasteiger partial charge >= 0.3 is 6.18 Å². The summed E-state index contributed by atoms with van der Waals surface area (Å²) >= 11 is 4.90. The molecule has 0 N–H and O–H groups in total. The summed E-state index contributed by atoms with van der Waals surface area (Å²) in [5, 5.41) is -1.39. The van der Waals surface area contributed by atoms with Crippen molar-refractivity contribution < 1.29 is 13.2 Å². The van der Waals surface area contributed by atoms with Gasteiger partial charge < -0.3 is 0 Å². The quantitative estimate of drug-likeness (QED) is 0.652. The topological polar surface area (TPSA) is 25.2 Å². The molecule has 0 spiro atoms. The van der Waals surface area contributed by atoms with E-state index in [0.29, 0.717) is 0 Å². The van der Waals surface area contributed by atoms with Crippen LogP contribution in [-0.2, 0) is 0 Å². The summed E-state index contributed by atoms with van der Waals surface area (Å²) in [4.78, 5) is 6.77. The number of aliphatic imine (C=N–C) groups is 1. The highest BCUT2D eigenvalue weighted by Crippen LogP contribution is 2.23. The first-order valence-electron chi connectivity index (χ1n) is 3.21.